The number of fused-ring (bicyclic) bond motifs is 1. The molecule has 2 nitrogen and oxygen atoms in total. The van der Waals surface area contributed by atoms with Crippen molar-refractivity contribution in [1.29, 1.82) is 0 Å². The molecule has 0 fully saturated rings. The zero-order chi connectivity index (χ0) is 13.3. The summed E-state index contributed by atoms with van der Waals surface area (Å²) in [5.74, 6) is 3.25. The molecule has 0 unspecified atom stereocenters. The van der Waals surface area contributed by atoms with Crippen molar-refractivity contribution in [3.63, 3.8) is 0 Å². The van der Waals surface area contributed by atoms with E-state index in [0.29, 0.717) is 0 Å². The maximum absolute atomic E-state index is 4.56. The molecule has 0 N–H and O–H groups in total. The molecular weight excluding hydrogens is 236 g/mol. The van der Waals surface area contributed by atoms with Crippen LogP contribution in [0.25, 0.3) is 11.0 Å². The normalized spacial score (nSPS) is 11.2. The van der Waals surface area contributed by atoms with Crippen LogP contribution in [-0.4, -0.2) is 18.0 Å². The molecule has 0 aliphatic carbocycles. The monoisotopic (exact) mass is 254 g/mol. The highest BCUT2D eigenvalue weighted by Crippen LogP contribution is 2.14. The molecule has 0 saturated heterocycles. The van der Waals surface area contributed by atoms with Crippen molar-refractivity contribution in [1.82, 2.24) is 9.97 Å². The molecule has 1 aromatic heterocycles. The molecule has 3 heteroatoms. The fourth-order valence-corrected chi connectivity index (χ4v) is 2.09. The van der Waals surface area contributed by atoms with Gasteiger partial charge in [0.25, 0.3) is 0 Å². The molecule has 2 rings (SSSR count). The fourth-order valence-electron chi connectivity index (χ4n) is 1.57. The summed E-state index contributed by atoms with van der Waals surface area (Å²) in [5, 5.41) is 0. The summed E-state index contributed by atoms with van der Waals surface area (Å²) in [7, 11) is -1.32. The Balaban J connectivity index is 2.50. The molecule has 1 heterocycles. The third-order valence-corrected chi connectivity index (χ3v) is 3.53. The standard InChI is InChI=1S/C15H18N2Si/c1-11-12(2)17-15-10-13(6-7-14(15)16-11)8-9-18(3,4)5/h6-7,10H,1-5H3. The third-order valence-electron chi connectivity index (χ3n) is 2.66. The first-order chi connectivity index (χ1) is 8.35. The number of hydrogen-bond donors (Lipinski definition) is 0. The number of aryl methyl sites for hydroxylation is 2. The summed E-state index contributed by atoms with van der Waals surface area (Å²) >= 11 is 0. The topological polar surface area (TPSA) is 25.8 Å². The molecule has 0 atom stereocenters. The molecule has 0 radical (unpaired) electrons. The second-order valence-corrected chi connectivity index (χ2v) is 10.3. The van der Waals surface area contributed by atoms with E-state index in [1.807, 2.05) is 32.0 Å². The van der Waals surface area contributed by atoms with Crippen LogP contribution in [-0.2, 0) is 0 Å². The van der Waals surface area contributed by atoms with Crippen molar-refractivity contribution >= 4 is 19.1 Å². The zero-order valence-corrected chi connectivity index (χ0v) is 12.6. The highest BCUT2D eigenvalue weighted by Gasteiger charge is 2.07. The Hall–Kier alpha value is -1.66. The van der Waals surface area contributed by atoms with Crippen LogP contribution >= 0.6 is 0 Å². The van der Waals surface area contributed by atoms with Gasteiger partial charge in [0.15, 0.2) is 0 Å². The van der Waals surface area contributed by atoms with Crippen LogP contribution < -0.4 is 0 Å². The van der Waals surface area contributed by atoms with Gasteiger partial charge in [-0.05, 0) is 32.0 Å². The minimum absolute atomic E-state index is 0.931. The Kier molecular flexibility index (Phi) is 3.23. The Morgan fingerprint density at radius 1 is 0.944 bits per heavy atom. The maximum Gasteiger partial charge on any atom is 0.129 e. The number of nitrogens with zero attached hydrogens (tertiary/aromatic N) is 2. The van der Waals surface area contributed by atoms with Gasteiger partial charge in [0.1, 0.15) is 8.07 Å². The average Bonchev–Trinajstić information content (AvgIpc) is 2.27. The van der Waals surface area contributed by atoms with Gasteiger partial charge in [-0.3, -0.25) is 0 Å². The van der Waals surface area contributed by atoms with Crippen LogP contribution in [0.15, 0.2) is 18.2 Å². The predicted molar refractivity (Wildman–Crippen MR) is 79.2 cm³/mol. The van der Waals surface area contributed by atoms with E-state index in [4.69, 9.17) is 0 Å². The third kappa shape index (κ3) is 2.96. The van der Waals surface area contributed by atoms with Gasteiger partial charge < -0.3 is 0 Å². The van der Waals surface area contributed by atoms with Crippen molar-refractivity contribution in [3.8, 4) is 11.5 Å². The Morgan fingerprint density at radius 2 is 1.56 bits per heavy atom. The van der Waals surface area contributed by atoms with Crippen molar-refractivity contribution in [2.75, 3.05) is 0 Å². The van der Waals surface area contributed by atoms with Crippen LogP contribution in [0.2, 0.25) is 19.6 Å². The SMILES string of the molecule is Cc1nc2ccc(C#C[Si](C)(C)C)cc2nc1C. The maximum atomic E-state index is 4.56. The summed E-state index contributed by atoms with van der Waals surface area (Å²) < 4.78 is 0. The minimum Gasteiger partial charge on any atom is -0.250 e. The Morgan fingerprint density at radius 3 is 2.17 bits per heavy atom. The predicted octanol–water partition coefficient (Wildman–Crippen LogP) is 3.48. The van der Waals surface area contributed by atoms with E-state index >= 15 is 0 Å². The summed E-state index contributed by atoms with van der Waals surface area (Å²) in [4.78, 5) is 9.08. The van der Waals surface area contributed by atoms with Gasteiger partial charge in [-0.2, -0.15) is 0 Å². The van der Waals surface area contributed by atoms with Crippen molar-refractivity contribution < 1.29 is 0 Å². The molecule has 1 aromatic carbocycles. The van der Waals surface area contributed by atoms with Gasteiger partial charge in [-0.1, -0.05) is 25.6 Å². The summed E-state index contributed by atoms with van der Waals surface area (Å²) in [6.45, 7) is 10.7. The van der Waals surface area contributed by atoms with E-state index in [0.717, 1.165) is 28.0 Å². The van der Waals surface area contributed by atoms with Gasteiger partial charge in [-0.15, -0.1) is 5.54 Å². The lowest BCUT2D eigenvalue weighted by atomic mass is 10.2. The lowest BCUT2D eigenvalue weighted by Gasteiger charge is -2.04. The second kappa shape index (κ2) is 4.54. The Bertz CT molecular complexity index is 658. The minimum atomic E-state index is -1.32. The number of hydrogen-bond acceptors (Lipinski definition) is 2. The summed E-state index contributed by atoms with van der Waals surface area (Å²) in [6, 6.07) is 6.06. The molecule has 0 amide bonds. The number of aromatic nitrogens is 2. The molecule has 0 aliphatic rings. The highest BCUT2D eigenvalue weighted by molar-refractivity contribution is 6.83. The van der Waals surface area contributed by atoms with Crippen LogP contribution in [0.5, 0.6) is 0 Å². The van der Waals surface area contributed by atoms with E-state index < -0.39 is 8.07 Å². The van der Waals surface area contributed by atoms with Crippen LogP contribution in [0.4, 0.5) is 0 Å². The van der Waals surface area contributed by atoms with E-state index in [1.165, 1.54) is 0 Å². The van der Waals surface area contributed by atoms with Crippen molar-refractivity contribution in [3.05, 3.63) is 35.2 Å². The molecule has 2 aromatic rings. The molecule has 0 spiro atoms. The highest BCUT2D eigenvalue weighted by atomic mass is 28.3. The van der Waals surface area contributed by atoms with Gasteiger partial charge in [0.05, 0.1) is 22.4 Å². The van der Waals surface area contributed by atoms with Crippen molar-refractivity contribution in [2.24, 2.45) is 0 Å². The molecule has 0 saturated carbocycles. The smallest absolute Gasteiger partial charge is 0.129 e. The first-order valence-electron chi connectivity index (χ1n) is 6.13. The van der Waals surface area contributed by atoms with Crippen LogP contribution in [0, 0.1) is 25.3 Å². The van der Waals surface area contributed by atoms with Gasteiger partial charge in [-0.25, -0.2) is 9.97 Å². The van der Waals surface area contributed by atoms with E-state index in [2.05, 4.69) is 41.1 Å². The molecular formula is C15H18N2Si. The van der Waals surface area contributed by atoms with Gasteiger partial charge in [0, 0.05) is 5.56 Å². The van der Waals surface area contributed by atoms with E-state index in [-0.39, 0.29) is 0 Å². The quantitative estimate of drug-likeness (QED) is 0.531. The van der Waals surface area contributed by atoms with Crippen LogP contribution in [0.3, 0.4) is 0 Å². The first-order valence-corrected chi connectivity index (χ1v) is 9.63. The summed E-state index contributed by atoms with van der Waals surface area (Å²) in [6.07, 6.45) is 0. The van der Waals surface area contributed by atoms with E-state index in [1.54, 1.807) is 0 Å². The number of benzene rings is 1. The lowest BCUT2D eigenvalue weighted by Crippen LogP contribution is -2.16. The first kappa shape index (κ1) is 12.8. The molecule has 0 aliphatic heterocycles. The fraction of sp³-hybridized carbons (Fsp3) is 0.333. The van der Waals surface area contributed by atoms with Crippen molar-refractivity contribution in [2.45, 2.75) is 33.5 Å². The average molecular weight is 254 g/mol. The summed E-state index contributed by atoms with van der Waals surface area (Å²) in [5.41, 5.74) is 8.25. The van der Waals surface area contributed by atoms with E-state index in [9.17, 15) is 0 Å². The van der Waals surface area contributed by atoms with Crippen LogP contribution in [0.1, 0.15) is 17.0 Å². The Labute approximate surface area is 109 Å². The second-order valence-electron chi connectivity index (χ2n) is 5.60. The van der Waals surface area contributed by atoms with Gasteiger partial charge in [0.2, 0.25) is 0 Å². The van der Waals surface area contributed by atoms with Gasteiger partial charge >= 0.3 is 0 Å². The molecule has 18 heavy (non-hydrogen) atoms. The molecule has 92 valence electrons. The number of rotatable bonds is 0. The largest absolute Gasteiger partial charge is 0.250 e. The lowest BCUT2D eigenvalue weighted by molar-refractivity contribution is 1.10. The molecule has 0 bridgehead atoms. The zero-order valence-electron chi connectivity index (χ0n) is 11.6.